The van der Waals surface area contributed by atoms with Gasteiger partial charge in [0.15, 0.2) is 0 Å². The van der Waals surface area contributed by atoms with Crippen molar-refractivity contribution in [2.24, 2.45) is 0 Å². The van der Waals surface area contributed by atoms with Crippen LogP contribution in [0.25, 0.3) is 0 Å². The molecule has 1 aromatic rings. The lowest BCUT2D eigenvalue weighted by molar-refractivity contribution is 0.120. The van der Waals surface area contributed by atoms with E-state index in [0.717, 1.165) is 32.3 Å². The van der Waals surface area contributed by atoms with Crippen LogP contribution in [0.15, 0.2) is 11.0 Å². The van der Waals surface area contributed by atoms with E-state index < -0.39 is 0 Å². The number of nitrogens with zero attached hydrogens (tertiary/aromatic N) is 2. The average Bonchev–Trinajstić information content (AvgIpc) is 2.92. The minimum atomic E-state index is -0.229. The Morgan fingerprint density at radius 2 is 2.47 bits per heavy atom. The van der Waals surface area contributed by atoms with E-state index in [2.05, 4.69) is 17.3 Å². The number of ether oxygens (including phenoxy) is 1. The summed E-state index contributed by atoms with van der Waals surface area (Å²) < 4.78 is 6.93. The van der Waals surface area contributed by atoms with E-state index in [-0.39, 0.29) is 16.7 Å². The highest BCUT2D eigenvalue weighted by molar-refractivity contribution is 6.32. The fourth-order valence-corrected chi connectivity index (χ4v) is 2.30. The van der Waals surface area contributed by atoms with Gasteiger partial charge >= 0.3 is 0 Å². The zero-order chi connectivity index (χ0) is 13.7. The molecule has 19 heavy (non-hydrogen) atoms. The minimum Gasteiger partial charge on any atom is -0.380 e. The first-order valence-electron chi connectivity index (χ1n) is 6.83. The molecule has 0 bridgehead atoms. The van der Waals surface area contributed by atoms with Crippen LogP contribution in [0.4, 0.5) is 5.69 Å². The number of nitrogens with one attached hydrogen (secondary N) is 1. The van der Waals surface area contributed by atoms with E-state index in [1.165, 1.54) is 4.68 Å². The summed E-state index contributed by atoms with van der Waals surface area (Å²) in [6.07, 6.45) is 5.91. The predicted molar refractivity (Wildman–Crippen MR) is 75.9 cm³/mol. The highest BCUT2D eigenvalue weighted by Gasteiger charge is 2.16. The molecule has 0 amide bonds. The lowest BCUT2D eigenvalue weighted by atomic mass is 10.2. The summed E-state index contributed by atoms with van der Waals surface area (Å²) in [4.78, 5) is 12.0. The zero-order valence-electron chi connectivity index (χ0n) is 11.2. The first-order chi connectivity index (χ1) is 9.22. The first kappa shape index (κ1) is 14.3. The molecule has 1 aliphatic rings. The van der Waals surface area contributed by atoms with Crippen LogP contribution in [-0.4, -0.2) is 29.0 Å². The Balaban J connectivity index is 2.01. The summed E-state index contributed by atoms with van der Waals surface area (Å²) >= 11 is 6.09. The van der Waals surface area contributed by atoms with E-state index in [1.807, 2.05) is 0 Å². The van der Waals surface area contributed by atoms with Gasteiger partial charge in [-0.3, -0.25) is 4.79 Å². The Labute approximate surface area is 117 Å². The van der Waals surface area contributed by atoms with Crippen molar-refractivity contribution in [2.45, 2.75) is 45.3 Å². The fraction of sp³-hybridized carbons (Fsp3) is 0.692. The van der Waals surface area contributed by atoms with Crippen molar-refractivity contribution in [1.82, 2.24) is 9.78 Å². The molecule has 1 atom stereocenters. The average molecular weight is 286 g/mol. The molecule has 2 rings (SSSR count). The smallest absolute Gasteiger partial charge is 0.287 e. The molecule has 106 valence electrons. The molecular weight excluding hydrogens is 266 g/mol. The van der Waals surface area contributed by atoms with E-state index in [9.17, 15) is 4.79 Å². The van der Waals surface area contributed by atoms with Crippen molar-refractivity contribution in [3.8, 4) is 0 Å². The van der Waals surface area contributed by atoms with Crippen LogP contribution in [-0.2, 0) is 11.3 Å². The maximum absolute atomic E-state index is 12.0. The third-order valence-corrected chi connectivity index (χ3v) is 3.62. The molecule has 1 fully saturated rings. The van der Waals surface area contributed by atoms with Gasteiger partial charge in [0.05, 0.1) is 18.0 Å². The van der Waals surface area contributed by atoms with E-state index in [0.29, 0.717) is 18.8 Å². The third-order valence-electron chi connectivity index (χ3n) is 3.25. The quantitative estimate of drug-likeness (QED) is 0.871. The maximum Gasteiger partial charge on any atom is 0.287 e. The minimum absolute atomic E-state index is 0.207. The molecule has 0 aromatic carbocycles. The summed E-state index contributed by atoms with van der Waals surface area (Å²) in [7, 11) is 0. The highest BCUT2D eigenvalue weighted by Crippen LogP contribution is 2.18. The molecular formula is C13H20ClN3O2. The van der Waals surface area contributed by atoms with Gasteiger partial charge in [-0.25, -0.2) is 4.68 Å². The largest absolute Gasteiger partial charge is 0.380 e. The van der Waals surface area contributed by atoms with Crippen molar-refractivity contribution in [2.75, 3.05) is 18.5 Å². The van der Waals surface area contributed by atoms with Gasteiger partial charge < -0.3 is 10.1 Å². The normalized spacial score (nSPS) is 18.7. The maximum atomic E-state index is 12.0. The van der Waals surface area contributed by atoms with Crippen molar-refractivity contribution >= 4 is 17.3 Å². The molecule has 0 spiro atoms. The molecule has 0 saturated carbocycles. The number of aryl methyl sites for hydroxylation is 1. The number of halogens is 1. The Morgan fingerprint density at radius 3 is 3.16 bits per heavy atom. The van der Waals surface area contributed by atoms with Crippen LogP contribution in [0.2, 0.25) is 5.02 Å². The Bertz CT molecular complexity index is 469. The van der Waals surface area contributed by atoms with Gasteiger partial charge in [0.1, 0.15) is 5.02 Å². The number of hydrogen-bond acceptors (Lipinski definition) is 4. The standard InChI is InChI=1S/C13H20ClN3O2/c1-2-3-6-17-13(18)12(14)11(9-16-17)15-8-10-5-4-7-19-10/h9-10,15H,2-8H2,1H3. The first-order valence-corrected chi connectivity index (χ1v) is 7.21. The van der Waals surface area contributed by atoms with Crippen LogP contribution in [0.1, 0.15) is 32.6 Å². The van der Waals surface area contributed by atoms with E-state index in [1.54, 1.807) is 6.20 Å². The number of anilines is 1. The fourth-order valence-electron chi connectivity index (χ4n) is 2.08. The van der Waals surface area contributed by atoms with Crippen molar-refractivity contribution in [3.63, 3.8) is 0 Å². The number of aromatic nitrogens is 2. The molecule has 0 aliphatic carbocycles. The lowest BCUT2D eigenvalue weighted by Gasteiger charge is -2.13. The molecule has 0 radical (unpaired) electrons. The van der Waals surface area contributed by atoms with Gasteiger partial charge in [-0.2, -0.15) is 5.10 Å². The van der Waals surface area contributed by atoms with Gasteiger partial charge in [-0.05, 0) is 19.3 Å². The predicted octanol–water partition coefficient (Wildman–Crippen LogP) is 2.29. The van der Waals surface area contributed by atoms with Crippen LogP contribution in [0.5, 0.6) is 0 Å². The molecule has 1 N–H and O–H groups in total. The van der Waals surface area contributed by atoms with Crippen molar-refractivity contribution < 1.29 is 4.74 Å². The zero-order valence-corrected chi connectivity index (χ0v) is 11.9. The molecule has 1 aromatic heterocycles. The monoisotopic (exact) mass is 285 g/mol. The van der Waals surface area contributed by atoms with E-state index >= 15 is 0 Å². The van der Waals surface area contributed by atoms with Crippen LogP contribution in [0, 0.1) is 0 Å². The second kappa shape index (κ2) is 6.91. The highest BCUT2D eigenvalue weighted by atomic mass is 35.5. The third kappa shape index (κ3) is 3.70. The summed E-state index contributed by atoms with van der Waals surface area (Å²) in [6.45, 7) is 4.17. The number of hydrogen-bond donors (Lipinski definition) is 1. The lowest BCUT2D eigenvalue weighted by Crippen LogP contribution is -2.26. The molecule has 1 aliphatic heterocycles. The van der Waals surface area contributed by atoms with Gasteiger partial charge in [-0.15, -0.1) is 0 Å². The second-order valence-electron chi connectivity index (χ2n) is 4.77. The van der Waals surface area contributed by atoms with Gasteiger partial charge in [0, 0.05) is 19.7 Å². The van der Waals surface area contributed by atoms with Gasteiger partial charge in [0.2, 0.25) is 0 Å². The topological polar surface area (TPSA) is 56.1 Å². The Kier molecular flexibility index (Phi) is 5.22. The van der Waals surface area contributed by atoms with Crippen LogP contribution in [0.3, 0.4) is 0 Å². The van der Waals surface area contributed by atoms with Gasteiger partial charge in [0.25, 0.3) is 5.56 Å². The summed E-state index contributed by atoms with van der Waals surface area (Å²) in [5.74, 6) is 0. The molecule has 6 heteroatoms. The second-order valence-corrected chi connectivity index (χ2v) is 5.15. The van der Waals surface area contributed by atoms with Gasteiger partial charge in [-0.1, -0.05) is 24.9 Å². The van der Waals surface area contributed by atoms with Crippen molar-refractivity contribution in [1.29, 1.82) is 0 Å². The van der Waals surface area contributed by atoms with E-state index in [4.69, 9.17) is 16.3 Å². The molecule has 5 nitrogen and oxygen atoms in total. The van der Waals surface area contributed by atoms with Crippen LogP contribution < -0.4 is 10.9 Å². The Hall–Kier alpha value is -1.07. The van der Waals surface area contributed by atoms with Crippen molar-refractivity contribution in [3.05, 3.63) is 21.6 Å². The van der Waals surface area contributed by atoms with Crippen LogP contribution >= 0.6 is 11.6 Å². The summed E-state index contributed by atoms with van der Waals surface area (Å²) in [5, 5.41) is 7.50. The number of rotatable bonds is 6. The number of unbranched alkanes of at least 4 members (excludes halogenated alkanes) is 1. The SMILES string of the molecule is CCCCn1ncc(NCC2CCCO2)c(Cl)c1=O. The Morgan fingerprint density at radius 1 is 1.63 bits per heavy atom. The summed E-state index contributed by atoms with van der Waals surface area (Å²) in [5.41, 5.74) is 0.363. The molecule has 2 heterocycles. The summed E-state index contributed by atoms with van der Waals surface area (Å²) in [6, 6.07) is 0. The molecule has 1 saturated heterocycles. The molecule has 1 unspecified atom stereocenters.